The third kappa shape index (κ3) is 2.65. The molecule has 0 saturated carbocycles. The Balaban J connectivity index is 2.12. The molecule has 0 aliphatic heterocycles. The van der Waals surface area contributed by atoms with E-state index in [-0.39, 0.29) is 12.5 Å². The summed E-state index contributed by atoms with van der Waals surface area (Å²) < 4.78 is 1.97. The minimum absolute atomic E-state index is 0.00201. The second kappa shape index (κ2) is 5.79. The number of likely N-dealkylation sites (N-methyl/N-ethyl adjacent to an activating group) is 1. The summed E-state index contributed by atoms with van der Waals surface area (Å²) in [6.07, 6.45) is 0. The second-order valence-electron chi connectivity index (χ2n) is 4.83. The zero-order chi connectivity index (χ0) is 14.7. The molecule has 0 spiro atoms. The van der Waals surface area contributed by atoms with Gasteiger partial charge in [0.15, 0.2) is 0 Å². The zero-order valence-corrected chi connectivity index (χ0v) is 11.9. The topological polar surface area (TPSA) is 46.9 Å². The van der Waals surface area contributed by atoms with E-state index in [1.54, 1.807) is 0 Å². The number of imidazole rings is 1. The fourth-order valence-electron chi connectivity index (χ4n) is 2.44. The summed E-state index contributed by atoms with van der Waals surface area (Å²) in [6.45, 7) is 2.83. The molecule has 0 bridgehead atoms. The van der Waals surface area contributed by atoms with E-state index in [1.807, 2.05) is 66.1 Å². The van der Waals surface area contributed by atoms with Gasteiger partial charge in [0.05, 0.1) is 11.0 Å². The molecule has 4 heteroatoms. The Morgan fingerprint density at radius 3 is 2.57 bits per heavy atom. The SMILES string of the molecule is CCNC(=O)Cn1c(-c2ccccc2)nc2ccccc21. The largest absolute Gasteiger partial charge is 0.355 e. The number of nitrogens with zero attached hydrogens (tertiary/aromatic N) is 2. The van der Waals surface area contributed by atoms with Crippen LogP contribution in [0.3, 0.4) is 0 Å². The van der Waals surface area contributed by atoms with Crippen molar-refractivity contribution >= 4 is 16.9 Å². The number of fused-ring (bicyclic) bond motifs is 1. The first-order chi connectivity index (χ1) is 10.3. The molecule has 1 aromatic heterocycles. The Labute approximate surface area is 123 Å². The molecule has 1 N–H and O–H groups in total. The molecule has 1 heterocycles. The summed E-state index contributed by atoms with van der Waals surface area (Å²) in [5.74, 6) is 0.820. The van der Waals surface area contributed by atoms with E-state index in [0.717, 1.165) is 22.4 Å². The first-order valence-electron chi connectivity index (χ1n) is 7.07. The maximum Gasteiger partial charge on any atom is 0.240 e. The molecule has 0 radical (unpaired) electrons. The maximum absolute atomic E-state index is 12.0. The molecule has 0 aliphatic carbocycles. The van der Waals surface area contributed by atoms with Crippen LogP contribution in [0.15, 0.2) is 54.6 Å². The van der Waals surface area contributed by atoms with Gasteiger partial charge in [-0.3, -0.25) is 4.79 Å². The average molecular weight is 279 g/mol. The number of aromatic nitrogens is 2. The molecule has 0 unspecified atom stereocenters. The van der Waals surface area contributed by atoms with E-state index >= 15 is 0 Å². The van der Waals surface area contributed by atoms with Crippen molar-refractivity contribution in [1.29, 1.82) is 0 Å². The third-order valence-corrected chi connectivity index (χ3v) is 3.36. The van der Waals surface area contributed by atoms with Crippen molar-refractivity contribution in [2.75, 3.05) is 6.54 Å². The number of carbonyl (C=O) groups is 1. The van der Waals surface area contributed by atoms with Crippen molar-refractivity contribution in [2.45, 2.75) is 13.5 Å². The number of amides is 1. The first kappa shape index (κ1) is 13.4. The van der Waals surface area contributed by atoms with Crippen molar-refractivity contribution in [2.24, 2.45) is 0 Å². The Bertz CT molecular complexity index is 762. The average Bonchev–Trinajstić information content (AvgIpc) is 2.87. The zero-order valence-electron chi connectivity index (χ0n) is 11.9. The van der Waals surface area contributed by atoms with Gasteiger partial charge >= 0.3 is 0 Å². The third-order valence-electron chi connectivity index (χ3n) is 3.36. The fraction of sp³-hybridized carbons (Fsp3) is 0.176. The van der Waals surface area contributed by atoms with Gasteiger partial charge in [-0.2, -0.15) is 0 Å². The second-order valence-corrected chi connectivity index (χ2v) is 4.83. The smallest absolute Gasteiger partial charge is 0.240 e. The molecular formula is C17H17N3O. The first-order valence-corrected chi connectivity index (χ1v) is 7.07. The lowest BCUT2D eigenvalue weighted by atomic mass is 10.2. The van der Waals surface area contributed by atoms with Gasteiger partial charge in [0.2, 0.25) is 5.91 Å². The highest BCUT2D eigenvalue weighted by atomic mass is 16.1. The molecule has 3 aromatic rings. The van der Waals surface area contributed by atoms with E-state index in [9.17, 15) is 4.79 Å². The van der Waals surface area contributed by atoms with Crippen LogP contribution in [0.4, 0.5) is 0 Å². The minimum Gasteiger partial charge on any atom is -0.355 e. The van der Waals surface area contributed by atoms with Crippen molar-refractivity contribution in [1.82, 2.24) is 14.9 Å². The number of benzene rings is 2. The van der Waals surface area contributed by atoms with Gasteiger partial charge in [-0.25, -0.2) is 4.98 Å². The molecule has 3 rings (SSSR count). The van der Waals surface area contributed by atoms with E-state index in [4.69, 9.17) is 0 Å². The van der Waals surface area contributed by atoms with E-state index in [2.05, 4.69) is 10.3 Å². The Morgan fingerprint density at radius 2 is 1.81 bits per heavy atom. The minimum atomic E-state index is -0.00201. The van der Waals surface area contributed by atoms with Crippen LogP contribution >= 0.6 is 0 Å². The predicted octanol–water partition coefficient (Wildman–Crippen LogP) is 2.84. The summed E-state index contributed by atoms with van der Waals surface area (Å²) in [5, 5.41) is 2.84. The molecular weight excluding hydrogens is 262 g/mol. The molecule has 4 nitrogen and oxygen atoms in total. The van der Waals surface area contributed by atoms with Crippen molar-refractivity contribution in [3.05, 3.63) is 54.6 Å². The standard InChI is InChI=1S/C17H17N3O/c1-2-18-16(21)12-20-15-11-7-6-10-14(15)19-17(20)13-8-4-3-5-9-13/h3-11H,2,12H2,1H3,(H,18,21). The van der Waals surface area contributed by atoms with E-state index in [1.165, 1.54) is 0 Å². The normalized spacial score (nSPS) is 10.7. The highest BCUT2D eigenvalue weighted by Crippen LogP contribution is 2.24. The number of carbonyl (C=O) groups excluding carboxylic acids is 1. The van der Waals surface area contributed by atoms with Crippen LogP contribution < -0.4 is 5.32 Å². The van der Waals surface area contributed by atoms with E-state index < -0.39 is 0 Å². The molecule has 0 aliphatic rings. The van der Waals surface area contributed by atoms with Crippen LogP contribution in [0.2, 0.25) is 0 Å². The van der Waals surface area contributed by atoms with Crippen LogP contribution in [-0.4, -0.2) is 22.0 Å². The monoisotopic (exact) mass is 279 g/mol. The Hall–Kier alpha value is -2.62. The highest BCUT2D eigenvalue weighted by molar-refractivity contribution is 5.84. The number of para-hydroxylation sites is 2. The van der Waals surface area contributed by atoms with Crippen molar-refractivity contribution in [3.8, 4) is 11.4 Å². The Morgan fingerprint density at radius 1 is 1.10 bits per heavy atom. The van der Waals surface area contributed by atoms with E-state index in [0.29, 0.717) is 6.54 Å². The van der Waals surface area contributed by atoms with Gasteiger partial charge in [-0.15, -0.1) is 0 Å². The van der Waals surface area contributed by atoms with Crippen LogP contribution in [0.1, 0.15) is 6.92 Å². The summed E-state index contributed by atoms with van der Waals surface area (Å²) in [5.41, 5.74) is 2.89. The molecule has 0 saturated heterocycles. The Kier molecular flexibility index (Phi) is 3.69. The molecule has 0 fully saturated rings. The summed E-state index contributed by atoms with van der Waals surface area (Å²) in [4.78, 5) is 16.7. The van der Waals surface area contributed by atoms with Crippen LogP contribution in [0.5, 0.6) is 0 Å². The number of hydrogen-bond donors (Lipinski definition) is 1. The van der Waals surface area contributed by atoms with Crippen LogP contribution in [0.25, 0.3) is 22.4 Å². The summed E-state index contributed by atoms with van der Waals surface area (Å²) in [6, 6.07) is 17.8. The molecule has 1 amide bonds. The van der Waals surface area contributed by atoms with Gasteiger partial charge in [0.25, 0.3) is 0 Å². The lowest BCUT2D eigenvalue weighted by Gasteiger charge is -2.09. The van der Waals surface area contributed by atoms with Gasteiger partial charge in [-0.1, -0.05) is 42.5 Å². The number of hydrogen-bond acceptors (Lipinski definition) is 2. The van der Waals surface area contributed by atoms with Gasteiger partial charge in [-0.05, 0) is 19.1 Å². The predicted molar refractivity (Wildman–Crippen MR) is 83.9 cm³/mol. The summed E-state index contributed by atoms with van der Waals surface area (Å²) in [7, 11) is 0. The van der Waals surface area contributed by atoms with Crippen LogP contribution in [-0.2, 0) is 11.3 Å². The fourth-order valence-corrected chi connectivity index (χ4v) is 2.44. The van der Waals surface area contributed by atoms with Crippen molar-refractivity contribution < 1.29 is 4.79 Å². The van der Waals surface area contributed by atoms with Crippen LogP contribution in [0, 0.1) is 0 Å². The van der Waals surface area contributed by atoms with Gasteiger partial charge in [0.1, 0.15) is 12.4 Å². The lowest BCUT2D eigenvalue weighted by Crippen LogP contribution is -2.27. The summed E-state index contributed by atoms with van der Waals surface area (Å²) >= 11 is 0. The molecule has 106 valence electrons. The quantitative estimate of drug-likeness (QED) is 0.798. The number of nitrogens with one attached hydrogen (secondary N) is 1. The van der Waals surface area contributed by atoms with Gasteiger partial charge < -0.3 is 9.88 Å². The number of rotatable bonds is 4. The lowest BCUT2D eigenvalue weighted by molar-refractivity contribution is -0.121. The molecule has 0 atom stereocenters. The molecule has 2 aromatic carbocycles. The maximum atomic E-state index is 12.0. The highest BCUT2D eigenvalue weighted by Gasteiger charge is 2.14. The molecule has 21 heavy (non-hydrogen) atoms. The van der Waals surface area contributed by atoms with Crippen molar-refractivity contribution in [3.63, 3.8) is 0 Å². The van der Waals surface area contributed by atoms with Gasteiger partial charge in [0, 0.05) is 12.1 Å².